The van der Waals surface area contributed by atoms with E-state index in [0.717, 1.165) is 11.1 Å². The Hall–Kier alpha value is -2.36. The molecular formula is C18H22O4. The van der Waals surface area contributed by atoms with Crippen LogP contribution in [0.25, 0.3) is 11.1 Å². The molecule has 0 saturated carbocycles. The van der Waals surface area contributed by atoms with Gasteiger partial charge in [-0.25, -0.2) is 0 Å². The standard InChI is InChI=1S/C18H22O4/c1-18(2,3)12-6-7-14(19)13(10-12)11-8-15(21-4)17(20)16(9-11)22-5/h6-10,19-20H,1-5H3. The van der Waals surface area contributed by atoms with Gasteiger partial charge in [-0.05, 0) is 40.8 Å². The molecule has 4 nitrogen and oxygen atoms in total. The number of ether oxygens (including phenoxy) is 2. The third-order valence-electron chi connectivity index (χ3n) is 3.65. The SMILES string of the molecule is COc1cc(-c2cc(C(C)(C)C)ccc2O)cc(OC)c1O. The molecule has 0 atom stereocenters. The number of rotatable bonds is 3. The maximum absolute atomic E-state index is 10.2. The molecule has 2 rings (SSSR count). The normalized spacial score (nSPS) is 11.3. The van der Waals surface area contributed by atoms with Crippen molar-refractivity contribution < 1.29 is 19.7 Å². The van der Waals surface area contributed by atoms with Crippen molar-refractivity contribution in [2.45, 2.75) is 26.2 Å². The second-order valence-corrected chi connectivity index (χ2v) is 6.21. The van der Waals surface area contributed by atoms with E-state index < -0.39 is 0 Å². The topological polar surface area (TPSA) is 58.9 Å². The number of benzene rings is 2. The highest BCUT2D eigenvalue weighted by atomic mass is 16.5. The van der Waals surface area contributed by atoms with E-state index in [1.807, 2.05) is 12.1 Å². The van der Waals surface area contributed by atoms with Crippen LogP contribution in [0.4, 0.5) is 0 Å². The van der Waals surface area contributed by atoms with Crippen molar-refractivity contribution in [1.82, 2.24) is 0 Å². The van der Waals surface area contributed by atoms with E-state index in [9.17, 15) is 10.2 Å². The fourth-order valence-electron chi connectivity index (χ4n) is 2.28. The second-order valence-electron chi connectivity index (χ2n) is 6.21. The van der Waals surface area contributed by atoms with Crippen molar-refractivity contribution in [2.24, 2.45) is 0 Å². The average molecular weight is 302 g/mol. The summed E-state index contributed by atoms with van der Waals surface area (Å²) in [6.45, 7) is 6.34. The van der Waals surface area contributed by atoms with Gasteiger partial charge in [-0.15, -0.1) is 0 Å². The number of aromatic hydroxyl groups is 2. The van der Waals surface area contributed by atoms with Gasteiger partial charge in [-0.1, -0.05) is 26.8 Å². The molecule has 2 aromatic rings. The summed E-state index contributed by atoms with van der Waals surface area (Å²) in [7, 11) is 2.95. The molecular weight excluding hydrogens is 280 g/mol. The van der Waals surface area contributed by atoms with Crippen LogP contribution >= 0.6 is 0 Å². The van der Waals surface area contributed by atoms with Crippen LogP contribution in [-0.2, 0) is 5.41 Å². The summed E-state index contributed by atoms with van der Waals surface area (Å²) >= 11 is 0. The van der Waals surface area contributed by atoms with Crippen LogP contribution in [0.1, 0.15) is 26.3 Å². The number of hydrogen-bond donors (Lipinski definition) is 2. The van der Waals surface area contributed by atoms with Gasteiger partial charge in [0.05, 0.1) is 14.2 Å². The largest absolute Gasteiger partial charge is 0.507 e. The first kappa shape index (κ1) is 16.0. The molecule has 0 bridgehead atoms. The molecule has 118 valence electrons. The Bertz CT molecular complexity index is 659. The minimum Gasteiger partial charge on any atom is -0.507 e. The molecule has 0 aliphatic heterocycles. The summed E-state index contributed by atoms with van der Waals surface area (Å²) < 4.78 is 10.4. The lowest BCUT2D eigenvalue weighted by Crippen LogP contribution is -2.10. The van der Waals surface area contributed by atoms with E-state index >= 15 is 0 Å². The molecule has 2 aromatic carbocycles. The van der Waals surface area contributed by atoms with Gasteiger partial charge in [-0.3, -0.25) is 0 Å². The molecule has 0 radical (unpaired) electrons. The van der Waals surface area contributed by atoms with Crippen LogP contribution in [-0.4, -0.2) is 24.4 Å². The minimum absolute atomic E-state index is 0.0342. The lowest BCUT2D eigenvalue weighted by Gasteiger charge is -2.21. The zero-order chi connectivity index (χ0) is 16.5. The number of hydrogen-bond acceptors (Lipinski definition) is 4. The smallest absolute Gasteiger partial charge is 0.200 e. The first-order valence-corrected chi connectivity index (χ1v) is 7.06. The van der Waals surface area contributed by atoms with Gasteiger partial charge in [0.25, 0.3) is 0 Å². The molecule has 0 heterocycles. The maximum atomic E-state index is 10.2. The summed E-state index contributed by atoms with van der Waals surface area (Å²) in [5.74, 6) is 0.716. The van der Waals surface area contributed by atoms with E-state index in [0.29, 0.717) is 17.1 Å². The highest BCUT2D eigenvalue weighted by molar-refractivity contribution is 5.75. The predicted octanol–water partition coefficient (Wildman–Crippen LogP) is 4.08. The number of phenols is 2. The molecule has 2 N–H and O–H groups in total. The Kier molecular flexibility index (Phi) is 4.22. The third kappa shape index (κ3) is 2.96. The van der Waals surface area contributed by atoms with Gasteiger partial charge in [0.1, 0.15) is 5.75 Å². The fraction of sp³-hybridized carbons (Fsp3) is 0.333. The summed E-state index contributed by atoms with van der Waals surface area (Å²) in [5.41, 5.74) is 2.46. The van der Waals surface area contributed by atoms with E-state index in [4.69, 9.17) is 9.47 Å². The summed E-state index contributed by atoms with van der Waals surface area (Å²) in [6, 6.07) is 8.90. The Morgan fingerprint density at radius 3 is 1.86 bits per heavy atom. The van der Waals surface area contributed by atoms with Gasteiger partial charge in [-0.2, -0.15) is 0 Å². The van der Waals surface area contributed by atoms with Crippen LogP contribution in [0.15, 0.2) is 30.3 Å². The molecule has 0 saturated heterocycles. The van der Waals surface area contributed by atoms with Crippen molar-refractivity contribution in [3.63, 3.8) is 0 Å². The quantitative estimate of drug-likeness (QED) is 0.897. The van der Waals surface area contributed by atoms with Gasteiger partial charge >= 0.3 is 0 Å². The highest BCUT2D eigenvalue weighted by Gasteiger charge is 2.18. The summed E-state index contributed by atoms with van der Waals surface area (Å²) in [6.07, 6.45) is 0. The Morgan fingerprint density at radius 2 is 1.41 bits per heavy atom. The lowest BCUT2D eigenvalue weighted by molar-refractivity contribution is 0.340. The van der Waals surface area contributed by atoms with Crippen molar-refractivity contribution >= 4 is 0 Å². The first-order valence-electron chi connectivity index (χ1n) is 7.06. The molecule has 0 aliphatic carbocycles. The zero-order valence-corrected chi connectivity index (χ0v) is 13.6. The molecule has 0 spiro atoms. The van der Waals surface area contributed by atoms with Gasteiger partial charge in [0, 0.05) is 5.56 Å². The van der Waals surface area contributed by atoms with Crippen molar-refractivity contribution in [1.29, 1.82) is 0 Å². The number of phenolic OH excluding ortho intramolecular Hbond substituents is 2. The van der Waals surface area contributed by atoms with Crippen LogP contribution < -0.4 is 9.47 Å². The molecule has 4 heteroatoms. The van der Waals surface area contributed by atoms with Crippen molar-refractivity contribution in [2.75, 3.05) is 14.2 Å². The Morgan fingerprint density at radius 1 is 0.864 bits per heavy atom. The molecule has 0 amide bonds. The first-order chi connectivity index (χ1) is 10.3. The molecule has 0 aliphatic rings. The predicted molar refractivity (Wildman–Crippen MR) is 87.0 cm³/mol. The maximum Gasteiger partial charge on any atom is 0.200 e. The van der Waals surface area contributed by atoms with Gasteiger partial charge in [0.15, 0.2) is 11.5 Å². The number of methoxy groups -OCH3 is 2. The van der Waals surface area contributed by atoms with E-state index in [1.165, 1.54) is 14.2 Å². The average Bonchev–Trinajstić information content (AvgIpc) is 2.47. The Balaban J connectivity index is 2.66. The van der Waals surface area contributed by atoms with E-state index in [-0.39, 0.29) is 16.9 Å². The highest BCUT2D eigenvalue weighted by Crippen LogP contribution is 2.43. The van der Waals surface area contributed by atoms with Crippen molar-refractivity contribution in [3.8, 4) is 34.1 Å². The van der Waals surface area contributed by atoms with E-state index in [1.54, 1.807) is 18.2 Å². The monoisotopic (exact) mass is 302 g/mol. The molecule has 0 unspecified atom stereocenters. The van der Waals surface area contributed by atoms with Crippen LogP contribution in [0.5, 0.6) is 23.0 Å². The van der Waals surface area contributed by atoms with Gasteiger partial charge < -0.3 is 19.7 Å². The van der Waals surface area contributed by atoms with Crippen LogP contribution in [0.3, 0.4) is 0 Å². The summed E-state index contributed by atoms with van der Waals surface area (Å²) in [4.78, 5) is 0. The summed E-state index contributed by atoms with van der Waals surface area (Å²) in [5, 5.41) is 20.2. The second kappa shape index (κ2) is 5.79. The Labute approximate surface area is 130 Å². The molecule has 22 heavy (non-hydrogen) atoms. The van der Waals surface area contributed by atoms with E-state index in [2.05, 4.69) is 20.8 Å². The minimum atomic E-state index is -0.0554. The van der Waals surface area contributed by atoms with Crippen molar-refractivity contribution in [3.05, 3.63) is 35.9 Å². The van der Waals surface area contributed by atoms with Gasteiger partial charge in [0.2, 0.25) is 5.75 Å². The fourth-order valence-corrected chi connectivity index (χ4v) is 2.28. The molecule has 0 aromatic heterocycles. The lowest BCUT2D eigenvalue weighted by atomic mass is 9.85. The third-order valence-corrected chi connectivity index (χ3v) is 3.65. The van der Waals surface area contributed by atoms with Crippen LogP contribution in [0, 0.1) is 0 Å². The molecule has 0 fully saturated rings. The van der Waals surface area contributed by atoms with Crippen LogP contribution in [0.2, 0.25) is 0 Å². The zero-order valence-electron chi connectivity index (χ0n) is 13.6.